The van der Waals surface area contributed by atoms with Crippen LogP contribution in [0.2, 0.25) is 0 Å². The number of alkyl halides is 1. The Hall–Kier alpha value is -3.19. The number of carbonyl (C=O) groups is 1. The van der Waals surface area contributed by atoms with E-state index in [-0.39, 0.29) is 24.5 Å². The van der Waals surface area contributed by atoms with Crippen LogP contribution in [0.4, 0.5) is 9.18 Å². The van der Waals surface area contributed by atoms with Crippen molar-refractivity contribution < 1.29 is 14.3 Å². The number of amides is 1. The summed E-state index contributed by atoms with van der Waals surface area (Å²) in [6.45, 7) is 6.64. The van der Waals surface area contributed by atoms with Crippen LogP contribution >= 0.6 is 0 Å². The number of imidazole rings is 1. The van der Waals surface area contributed by atoms with Crippen molar-refractivity contribution in [3.63, 3.8) is 0 Å². The summed E-state index contributed by atoms with van der Waals surface area (Å²) in [4.78, 5) is 15.6. The molecular weight excluding hydrogens is 407 g/mol. The summed E-state index contributed by atoms with van der Waals surface area (Å²) in [5.41, 5.74) is 2.76. The highest BCUT2D eigenvalue weighted by molar-refractivity contribution is 5.64. The summed E-state index contributed by atoms with van der Waals surface area (Å²) in [7, 11) is 0. The van der Waals surface area contributed by atoms with Crippen molar-refractivity contribution in [2.45, 2.75) is 39.5 Å². The van der Waals surface area contributed by atoms with Crippen molar-refractivity contribution in [2.24, 2.45) is 5.41 Å². The predicted molar refractivity (Wildman–Crippen MR) is 124 cm³/mol. The minimum absolute atomic E-state index is 0.0150. The first kappa shape index (κ1) is 23.5. The lowest BCUT2D eigenvalue weighted by Gasteiger charge is -2.32. The van der Waals surface area contributed by atoms with Crippen molar-refractivity contribution >= 4 is 6.09 Å². The second-order valence-electron chi connectivity index (χ2n) is 8.95. The lowest BCUT2D eigenvalue weighted by atomic mass is 9.86. The number of hydrogen-bond donors (Lipinski definition) is 3. The van der Waals surface area contributed by atoms with E-state index in [9.17, 15) is 9.18 Å². The van der Waals surface area contributed by atoms with Gasteiger partial charge in [0.1, 0.15) is 12.0 Å². The molecule has 0 saturated carbocycles. The number of nitrogens with zero attached hydrogens (tertiary/aromatic N) is 2. The van der Waals surface area contributed by atoms with E-state index in [1.54, 1.807) is 0 Å². The first-order valence-corrected chi connectivity index (χ1v) is 10.7. The maximum absolute atomic E-state index is 14.3. The highest BCUT2D eigenvalue weighted by Crippen LogP contribution is 2.34. The Morgan fingerprint density at radius 1 is 1.06 bits per heavy atom. The fourth-order valence-electron chi connectivity index (χ4n) is 3.62. The van der Waals surface area contributed by atoms with Crippen molar-refractivity contribution in [3.05, 3.63) is 78.2 Å². The van der Waals surface area contributed by atoms with Gasteiger partial charge in [-0.15, -0.1) is 0 Å². The molecule has 0 aliphatic heterocycles. The summed E-state index contributed by atoms with van der Waals surface area (Å²) in [6, 6.07) is 19.9. The lowest BCUT2D eigenvalue weighted by Crippen LogP contribution is -2.41. The van der Waals surface area contributed by atoms with Crippen LogP contribution in [-0.4, -0.2) is 40.0 Å². The molecule has 0 spiro atoms. The Kier molecular flexibility index (Phi) is 7.64. The van der Waals surface area contributed by atoms with Gasteiger partial charge in [-0.2, -0.15) is 0 Å². The number of hydrogen-bond acceptors (Lipinski definition) is 3. The zero-order valence-electron chi connectivity index (χ0n) is 18.8. The third-order valence-corrected chi connectivity index (χ3v) is 5.22. The molecule has 32 heavy (non-hydrogen) atoms. The van der Waals surface area contributed by atoms with Gasteiger partial charge < -0.3 is 20.3 Å². The van der Waals surface area contributed by atoms with E-state index < -0.39 is 12.3 Å². The molecule has 0 aliphatic rings. The van der Waals surface area contributed by atoms with Crippen LogP contribution in [0.25, 0.3) is 11.3 Å². The molecule has 0 unspecified atom stereocenters. The van der Waals surface area contributed by atoms with Gasteiger partial charge in [0, 0.05) is 24.8 Å². The number of halogens is 1. The van der Waals surface area contributed by atoms with E-state index in [2.05, 4.69) is 48.1 Å². The molecule has 6 nitrogen and oxygen atoms in total. The Balaban J connectivity index is 1.92. The summed E-state index contributed by atoms with van der Waals surface area (Å²) in [6.07, 6.45) is -0.537. The number of carboxylic acid groups (broad SMARTS) is 1. The van der Waals surface area contributed by atoms with Crippen molar-refractivity contribution in [3.8, 4) is 11.3 Å². The second kappa shape index (κ2) is 10.4. The summed E-state index contributed by atoms with van der Waals surface area (Å²) < 4.78 is 16.4. The third kappa shape index (κ3) is 6.40. The molecule has 0 radical (unpaired) electrons. The van der Waals surface area contributed by atoms with Crippen LogP contribution in [0.3, 0.4) is 0 Å². The lowest BCUT2D eigenvalue weighted by molar-refractivity contribution is 0.185. The molecule has 2 atom stereocenters. The number of aromatic nitrogens is 2. The highest BCUT2D eigenvalue weighted by atomic mass is 19.1. The van der Waals surface area contributed by atoms with E-state index in [4.69, 9.17) is 10.1 Å². The fraction of sp³-hybridized carbons (Fsp3) is 0.360. The molecule has 0 bridgehead atoms. The number of nitrogens with one attached hydrogen (secondary N) is 2. The average Bonchev–Trinajstić information content (AvgIpc) is 3.16. The zero-order valence-corrected chi connectivity index (χ0v) is 18.8. The predicted octanol–water partition coefficient (Wildman–Crippen LogP) is 4.88. The molecule has 3 aromatic rings. The van der Waals surface area contributed by atoms with E-state index in [1.807, 2.05) is 54.7 Å². The van der Waals surface area contributed by atoms with Crippen LogP contribution in [0.5, 0.6) is 0 Å². The molecule has 1 amide bonds. The minimum atomic E-state index is -1.35. The molecule has 1 aromatic heterocycles. The van der Waals surface area contributed by atoms with Gasteiger partial charge >= 0.3 is 6.09 Å². The standard InChI is InChI=1S/C25H31FN4O2/c1-25(2,3)22(27-14-20(26)15-28-24(31)32)23-29-21(19-12-8-5-9-13-19)17-30(23)16-18-10-6-4-7-11-18/h4-13,17,20,22,27-28H,14-16H2,1-3H3,(H,31,32)/t20-,22-/m0/s1. The first-order chi connectivity index (χ1) is 15.2. The molecule has 1 heterocycles. The second-order valence-corrected chi connectivity index (χ2v) is 8.95. The van der Waals surface area contributed by atoms with E-state index >= 15 is 0 Å². The Bertz CT molecular complexity index is 1000. The van der Waals surface area contributed by atoms with Crippen LogP contribution in [0, 0.1) is 5.41 Å². The molecule has 0 aliphatic carbocycles. The van der Waals surface area contributed by atoms with E-state index in [1.165, 1.54) is 0 Å². The number of rotatable bonds is 9. The first-order valence-electron chi connectivity index (χ1n) is 10.7. The van der Waals surface area contributed by atoms with Crippen LogP contribution < -0.4 is 10.6 Å². The highest BCUT2D eigenvalue weighted by Gasteiger charge is 2.31. The van der Waals surface area contributed by atoms with Gasteiger partial charge in [-0.3, -0.25) is 0 Å². The smallest absolute Gasteiger partial charge is 0.404 e. The molecule has 170 valence electrons. The van der Waals surface area contributed by atoms with Gasteiger partial charge in [0.25, 0.3) is 0 Å². The van der Waals surface area contributed by atoms with Gasteiger partial charge in [0.15, 0.2) is 0 Å². The van der Waals surface area contributed by atoms with Crippen molar-refractivity contribution in [1.29, 1.82) is 0 Å². The Morgan fingerprint density at radius 2 is 1.69 bits per heavy atom. The van der Waals surface area contributed by atoms with E-state index in [0.29, 0.717) is 6.54 Å². The monoisotopic (exact) mass is 438 g/mol. The topological polar surface area (TPSA) is 79.2 Å². The van der Waals surface area contributed by atoms with Crippen molar-refractivity contribution in [1.82, 2.24) is 20.2 Å². The third-order valence-electron chi connectivity index (χ3n) is 5.22. The minimum Gasteiger partial charge on any atom is -0.465 e. The van der Waals surface area contributed by atoms with Crippen LogP contribution in [0.1, 0.15) is 38.2 Å². The summed E-state index contributed by atoms with van der Waals surface area (Å²) in [5.74, 6) is 0.818. The van der Waals surface area contributed by atoms with Crippen LogP contribution in [-0.2, 0) is 6.54 Å². The number of benzene rings is 2. The molecule has 2 aromatic carbocycles. The van der Waals surface area contributed by atoms with E-state index in [0.717, 1.165) is 22.6 Å². The summed E-state index contributed by atoms with van der Waals surface area (Å²) in [5, 5.41) is 14.1. The molecule has 0 fully saturated rings. The molecule has 0 saturated heterocycles. The van der Waals surface area contributed by atoms with Gasteiger partial charge in [0.05, 0.1) is 18.3 Å². The van der Waals surface area contributed by atoms with Crippen molar-refractivity contribution in [2.75, 3.05) is 13.1 Å². The van der Waals surface area contributed by atoms with Gasteiger partial charge in [-0.05, 0) is 11.0 Å². The SMILES string of the molecule is CC(C)(C)[C@@H](NC[C@H](F)CNC(=O)O)c1nc(-c2ccccc2)cn1Cc1ccccc1. The molecule has 7 heteroatoms. The van der Waals surface area contributed by atoms with Gasteiger partial charge in [-0.1, -0.05) is 81.4 Å². The van der Waals surface area contributed by atoms with Gasteiger partial charge in [0.2, 0.25) is 0 Å². The zero-order chi connectivity index (χ0) is 23.1. The summed E-state index contributed by atoms with van der Waals surface area (Å²) >= 11 is 0. The van der Waals surface area contributed by atoms with Gasteiger partial charge in [-0.25, -0.2) is 14.2 Å². The van der Waals surface area contributed by atoms with Crippen LogP contribution in [0.15, 0.2) is 66.9 Å². The fourth-order valence-corrected chi connectivity index (χ4v) is 3.62. The maximum Gasteiger partial charge on any atom is 0.404 e. The quantitative estimate of drug-likeness (QED) is 0.445. The molecule has 3 N–H and O–H groups in total. The molecule has 3 rings (SSSR count). The largest absolute Gasteiger partial charge is 0.465 e. The Labute approximate surface area is 188 Å². The average molecular weight is 439 g/mol. The normalized spacial score (nSPS) is 13.5. The Morgan fingerprint density at radius 3 is 2.28 bits per heavy atom. The maximum atomic E-state index is 14.3. The molecular formula is C25H31FN4O2.